The second-order valence-corrected chi connectivity index (χ2v) is 3.51. The van der Waals surface area contributed by atoms with E-state index in [9.17, 15) is 4.79 Å². The third-order valence-corrected chi connectivity index (χ3v) is 2.14. The van der Waals surface area contributed by atoms with E-state index in [1.807, 2.05) is 6.07 Å². The Balaban J connectivity index is 2.26. The molecule has 16 heavy (non-hydrogen) atoms. The first-order chi connectivity index (χ1) is 7.72. The summed E-state index contributed by atoms with van der Waals surface area (Å²) >= 11 is 0. The van der Waals surface area contributed by atoms with E-state index in [0.29, 0.717) is 25.9 Å². The van der Waals surface area contributed by atoms with E-state index in [2.05, 4.69) is 9.97 Å². The Morgan fingerprint density at radius 1 is 1.62 bits per heavy atom. The molecule has 1 atom stereocenters. The third-order valence-electron chi connectivity index (χ3n) is 2.14. The normalized spacial score (nSPS) is 12.1. The maximum Gasteiger partial charge on any atom is 0.305 e. The number of hydrogen-bond acceptors (Lipinski definition) is 5. The zero-order valence-corrected chi connectivity index (χ0v) is 9.43. The van der Waals surface area contributed by atoms with E-state index in [1.54, 1.807) is 13.1 Å². The summed E-state index contributed by atoms with van der Waals surface area (Å²) in [6, 6.07) is 1.75. The van der Waals surface area contributed by atoms with E-state index < -0.39 is 0 Å². The van der Waals surface area contributed by atoms with Crippen molar-refractivity contribution in [3.05, 3.63) is 24.3 Å². The molecule has 2 N–H and O–H groups in total. The molecule has 5 heteroatoms. The predicted octanol–water partition coefficient (Wildman–Crippen LogP) is 0.690. The van der Waals surface area contributed by atoms with Crippen LogP contribution in [0.3, 0.4) is 0 Å². The smallest absolute Gasteiger partial charge is 0.305 e. The fourth-order valence-electron chi connectivity index (χ4n) is 1.35. The number of hydrogen-bond donors (Lipinski definition) is 1. The van der Waals surface area contributed by atoms with Gasteiger partial charge in [-0.25, -0.2) is 9.97 Å². The lowest BCUT2D eigenvalue weighted by Crippen LogP contribution is -2.24. The molecule has 1 heterocycles. The summed E-state index contributed by atoms with van der Waals surface area (Å²) in [6.45, 7) is 2.21. The maximum absolute atomic E-state index is 11.1. The molecule has 5 nitrogen and oxygen atoms in total. The molecule has 0 spiro atoms. The molecular weight excluding hydrogens is 206 g/mol. The first-order valence-electron chi connectivity index (χ1n) is 5.38. The van der Waals surface area contributed by atoms with Crippen LogP contribution in [0.4, 0.5) is 0 Å². The summed E-state index contributed by atoms with van der Waals surface area (Å²) in [5.41, 5.74) is 6.78. The van der Waals surface area contributed by atoms with Gasteiger partial charge in [0, 0.05) is 30.8 Å². The highest BCUT2D eigenvalue weighted by Crippen LogP contribution is 2.03. The van der Waals surface area contributed by atoms with Gasteiger partial charge in [-0.3, -0.25) is 4.79 Å². The monoisotopic (exact) mass is 223 g/mol. The van der Waals surface area contributed by atoms with Crippen molar-refractivity contribution in [2.45, 2.75) is 32.2 Å². The highest BCUT2D eigenvalue weighted by molar-refractivity contribution is 5.69. The van der Waals surface area contributed by atoms with Crippen molar-refractivity contribution >= 4 is 5.97 Å². The Morgan fingerprint density at radius 2 is 2.44 bits per heavy atom. The highest BCUT2D eigenvalue weighted by Gasteiger charge is 2.08. The predicted molar refractivity (Wildman–Crippen MR) is 59.6 cm³/mol. The van der Waals surface area contributed by atoms with Gasteiger partial charge >= 0.3 is 5.97 Å². The Labute approximate surface area is 95.0 Å². The van der Waals surface area contributed by atoms with Gasteiger partial charge in [0.25, 0.3) is 0 Å². The van der Waals surface area contributed by atoms with Crippen LogP contribution in [0.25, 0.3) is 0 Å². The van der Waals surface area contributed by atoms with Crippen molar-refractivity contribution in [3.63, 3.8) is 0 Å². The van der Waals surface area contributed by atoms with Crippen LogP contribution in [0.2, 0.25) is 0 Å². The molecule has 1 aromatic heterocycles. The maximum atomic E-state index is 11.1. The first kappa shape index (κ1) is 12.6. The molecule has 0 fully saturated rings. The Morgan fingerprint density at radius 3 is 3.06 bits per heavy atom. The largest absolute Gasteiger partial charge is 0.466 e. The van der Waals surface area contributed by atoms with Crippen molar-refractivity contribution < 1.29 is 9.53 Å². The SMILES string of the molecule is CCOC(=O)CCC(N)Cc1ccncn1. The van der Waals surface area contributed by atoms with Gasteiger partial charge in [0.2, 0.25) is 0 Å². The van der Waals surface area contributed by atoms with E-state index in [1.165, 1.54) is 6.33 Å². The minimum absolute atomic E-state index is 0.0701. The summed E-state index contributed by atoms with van der Waals surface area (Å²) in [7, 11) is 0. The Hall–Kier alpha value is -1.49. The fourth-order valence-corrected chi connectivity index (χ4v) is 1.35. The number of aromatic nitrogens is 2. The van der Waals surface area contributed by atoms with E-state index >= 15 is 0 Å². The summed E-state index contributed by atoms with van der Waals surface area (Å²) in [4.78, 5) is 19.0. The molecule has 0 aromatic carbocycles. The molecule has 0 amide bonds. The van der Waals surface area contributed by atoms with Gasteiger partial charge in [0.15, 0.2) is 0 Å². The summed E-state index contributed by atoms with van der Waals surface area (Å²) in [5.74, 6) is -0.194. The van der Waals surface area contributed by atoms with Crippen molar-refractivity contribution in [2.75, 3.05) is 6.61 Å². The Kier molecular flexibility index (Phi) is 5.42. The van der Waals surface area contributed by atoms with Crippen molar-refractivity contribution in [1.82, 2.24) is 9.97 Å². The van der Waals surface area contributed by atoms with Crippen molar-refractivity contribution in [3.8, 4) is 0 Å². The fraction of sp³-hybridized carbons (Fsp3) is 0.545. The molecular formula is C11H17N3O2. The van der Waals surface area contributed by atoms with Crippen molar-refractivity contribution in [1.29, 1.82) is 0 Å². The van der Waals surface area contributed by atoms with E-state index in [4.69, 9.17) is 10.5 Å². The molecule has 1 unspecified atom stereocenters. The molecule has 0 radical (unpaired) electrons. The molecule has 0 aliphatic carbocycles. The molecule has 0 saturated carbocycles. The van der Waals surface area contributed by atoms with Crippen LogP contribution in [0.15, 0.2) is 18.6 Å². The van der Waals surface area contributed by atoms with Gasteiger partial charge in [-0.15, -0.1) is 0 Å². The lowest BCUT2D eigenvalue weighted by molar-refractivity contribution is -0.143. The molecule has 0 aliphatic heterocycles. The van der Waals surface area contributed by atoms with E-state index in [-0.39, 0.29) is 12.0 Å². The van der Waals surface area contributed by atoms with Gasteiger partial charge < -0.3 is 10.5 Å². The summed E-state index contributed by atoms with van der Waals surface area (Å²) < 4.78 is 4.82. The number of carbonyl (C=O) groups is 1. The topological polar surface area (TPSA) is 78.1 Å². The minimum atomic E-state index is -0.194. The Bertz CT molecular complexity index is 316. The van der Waals surface area contributed by atoms with Crippen LogP contribution in [-0.2, 0) is 16.0 Å². The molecule has 0 bridgehead atoms. The average molecular weight is 223 g/mol. The second-order valence-electron chi connectivity index (χ2n) is 3.51. The molecule has 0 aliphatic rings. The van der Waals surface area contributed by atoms with Gasteiger partial charge in [0.1, 0.15) is 6.33 Å². The van der Waals surface area contributed by atoms with Crippen LogP contribution < -0.4 is 5.73 Å². The minimum Gasteiger partial charge on any atom is -0.466 e. The number of carbonyl (C=O) groups excluding carboxylic acids is 1. The summed E-state index contributed by atoms with van der Waals surface area (Å²) in [6.07, 6.45) is 4.80. The first-order valence-corrected chi connectivity index (χ1v) is 5.38. The number of nitrogens with two attached hydrogens (primary N) is 1. The van der Waals surface area contributed by atoms with E-state index in [0.717, 1.165) is 5.69 Å². The van der Waals surface area contributed by atoms with Gasteiger partial charge in [-0.1, -0.05) is 0 Å². The zero-order valence-electron chi connectivity index (χ0n) is 9.43. The molecule has 1 rings (SSSR count). The molecule has 1 aromatic rings. The lowest BCUT2D eigenvalue weighted by Gasteiger charge is -2.10. The number of esters is 1. The van der Waals surface area contributed by atoms with Gasteiger partial charge in [-0.05, 0) is 19.4 Å². The van der Waals surface area contributed by atoms with Crippen molar-refractivity contribution in [2.24, 2.45) is 5.73 Å². The molecule has 88 valence electrons. The lowest BCUT2D eigenvalue weighted by atomic mass is 10.1. The zero-order chi connectivity index (χ0) is 11.8. The quantitative estimate of drug-likeness (QED) is 0.718. The molecule has 0 saturated heterocycles. The van der Waals surface area contributed by atoms with Crippen LogP contribution >= 0.6 is 0 Å². The number of rotatable bonds is 6. The average Bonchev–Trinajstić information content (AvgIpc) is 2.28. The van der Waals surface area contributed by atoms with Crippen LogP contribution in [0.5, 0.6) is 0 Å². The van der Waals surface area contributed by atoms with Gasteiger partial charge in [-0.2, -0.15) is 0 Å². The standard InChI is InChI=1S/C11H17N3O2/c1-2-16-11(15)4-3-9(12)7-10-5-6-13-8-14-10/h5-6,8-9H,2-4,7,12H2,1H3. The highest BCUT2D eigenvalue weighted by atomic mass is 16.5. The third kappa shape index (κ3) is 4.84. The van der Waals surface area contributed by atoms with Crippen LogP contribution in [0, 0.1) is 0 Å². The number of ether oxygens (including phenoxy) is 1. The van der Waals surface area contributed by atoms with Crippen LogP contribution in [-0.4, -0.2) is 28.6 Å². The van der Waals surface area contributed by atoms with Crippen LogP contribution in [0.1, 0.15) is 25.5 Å². The summed E-state index contributed by atoms with van der Waals surface area (Å²) in [5, 5.41) is 0. The second kappa shape index (κ2) is 6.90. The van der Waals surface area contributed by atoms with Gasteiger partial charge in [0.05, 0.1) is 6.61 Å². The number of nitrogens with zero attached hydrogens (tertiary/aromatic N) is 2.